The molecule has 8 N–H and O–H groups in total. The molecule has 9 atom stereocenters. The SMILES string of the molecule is COO[C@H]1O[C@@H](n2cnc3c(N)ncnc32)C(O)C1OP(=O)(O)OC[C@H]1O[C@@H](n2cnc3c(N)ncnc32)C(O)C1O. The van der Waals surface area contributed by atoms with Crippen molar-refractivity contribution in [3.63, 3.8) is 0 Å². The van der Waals surface area contributed by atoms with Crippen LogP contribution in [-0.2, 0) is 32.9 Å². The molecule has 42 heavy (non-hydrogen) atoms. The van der Waals surface area contributed by atoms with Gasteiger partial charge in [0.05, 0.1) is 26.4 Å². The monoisotopic (exact) mass is 612 g/mol. The number of hydrogen-bond acceptors (Lipinski definition) is 18. The van der Waals surface area contributed by atoms with Gasteiger partial charge in [-0.2, -0.15) is 0 Å². The fourth-order valence-electron chi connectivity index (χ4n) is 4.69. The maximum absolute atomic E-state index is 12.9. The smallest absolute Gasteiger partial charge is 0.387 e. The van der Waals surface area contributed by atoms with E-state index in [1.54, 1.807) is 0 Å². The first-order chi connectivity index (χ1) is 20.1. The summed E-state index contributed by atoms with van der Waals surface area (Å²) in [4.78, 5) is 44.2. The van der Waals surface area contributed by atoms with E-state index in [2.05, 4.69) is 34.8 Å². The van der Waals surface area contributed by atoms with Crippen molar-refractivity contribution in [2.24, 2.45) is 0 Å². The number of nitrogens with two attached hydrogens (primary N) is 2. The number of aliphatic hydroxyl groups is 3. The second-order valence-electron chi connectivity index (χ2n) is 9.20. The maximum atomic E-state index is 12.9. The van der Waals surface area contributed by atoms with Crippen molar-refractivity contribution in [2.45, 2.75) is 49.3 Å². The predicted octanol–water partition coefficient (Wildman–Crippen LogP) is -2.25. The Balaban J connectivity index is 1.15. The van der Waals surface area contributed by atoms with Gasteiger partial charge < -0.3 is 41.2 Å². The van der Waals surface area contributed by atoms with Crippen LogP contribution in [0.5, 0.6) is 0 Å². The Morgan fingerprint density at radius 2 is 1.45 bits per heavy atom. The van der Waals surface area contributed by atoms with Gasteiger partial charge in [0.25, 0.3) is 0 Å². The number of fused-ring (bicyclic) bond motifs is 2. The van der Waals surface area contributed by atoms with Crippen molar-refractivity contribution in [1.82, 2.24) is 39.0 Å². The zero-order chi connectivity index (χ0) is 29.8. The molecule has 4 aromatic heterocycles. The number of nitrogen functional groups attached to an aromatic ring is 2. The van der Waals surface area contributed by atoms with Gasteiger partial charge in [-0.1, -0.05) is 0 Å². The number of phosphoric ester groups is 1. The van der Waals surface area contributed by atoms with Crippen LogP contribution in [0, 0.1) is 0 Å². The Morgan fingerprint density at radius 3 is 2.02 bits per heavy atom. The first kappa shape index (κ1) is 28.6. The molecule has 2 aliphatic heterocycles. The highest BCUT2D eigenvalue weighted by molar-refractivity contribution is 7.47. The van der Waals surface area contributed by atoms with Gasteiger partial charge in [0.1, 0.15) is 48.1 Å². The lowest BCUT2D eigenvalue weighted by Gasteiger charge is -2.23. The maximum Gasteiger partial charge on any atom is 0.472 e. The normalized spacial score (nSPS) is 31.3. The third-order valence-corrected chi connectivity index (χ3v) is 7.66. The number of aliphatic hydroxyl groups excluding tert-OH is 3. The summed E-state index contributed by atoms with van der Waals surface area (Å²) in [5.41, 5.74) is 12.5. The Labute approximate surface area is 234 Å². The molecule has 6 rings (SSSR count). The van der Waals surface area contributed by atoms with Crippen LogP contribution >= 0.6 is 7.82 Å². The quantitative estimate of drug-likeness (QED) is 0.0660. The predicted molar refractivity (Wildman–Crippen MR) is 134 cm³/mol. The topological polar surface area (TPSA) is 293 Å². The molecule has 0 spiro atoms. The van der Waals surface area contributed by atoms with Gasteiger partial charge in [-0.15, -0.1) is 0 Å². The summed E-state index contributed by atoms with van der Waals surface area (Å²) < 4.78 is 37.2. The molecule has 2 aliphatic rings. The van der Waals surface area contributed by atoms with E-state index < -0.39 is 63.7 Å². The minimum atomic E-state index is -5.00. The first-order valence-corrected chi connectivity index (χ1v) is 13.7. The van der Waals surface area contributed by atoms with Crippen LogP contribution in [0.3, 0.4) is 0 Å². The van der Waals surface area contributed by atoms with E-state index in [1.165, 1.54) is 34.4 Å². The molecule has 5 unspecified atom stereocenters. The van der Waals surface area contributed by atoms with Crippen molar-refractivity contribution in [3.8, 4) is 0 Å². The molecular formula is C20H25N10O11P. The number of phosphoric acid groups is 1. The van der Waals surface area contributed by atoms with E-state index in [0.29, 0.717) is 0 Å². The second kappa shape index (κ2) is 11.0. The lowest BCUT2D eigenvalue weighted by molar-refractivity contribution is -0.372. The summed E-state index contributed by atoms with van der Waals surface area (Å²) in [7, 11) is -3.85. The molecule has 0 aliphatic carbocycles. The van der Waals surface area contributed by atoms with Crippen LogP contribution in [-0.4, -0.2) is 110 Å². The van der Waals surface area contributed by atoms with Crippen LogP contribution in [0.4, 0.5) is 11.6 Å². The summed E-state index contributed by atoms with van der Waals surface area (Å²) in [6.45, 7) is -0.711. The zero-order valence-electron chi connectivity index (χ0n) is 21.5. The second-order valence-corrected chi connectivity index (χ2v) is 10.6. The fraction of sp³-hybridized carbons (Fsp3) is 0.500. The van der Waals surface area contributed by atoms with Crippen molar-refractivity contribution in [1.29, 1.82) is 0 Å². The highest BCUT2D eigenvalue weighted by Crippen LogP contribution is 2.49. The van der Waals surface area contributed by atoms with Crippen molar-refractivity contribution in [3.05, 3.63) is 25.3 Å². The molecule has 0 radical (unpaired) electrons. The van der Waals surface area contributed by atoms with E-state index in [0.717, 1.165) is 7.11 Å². The van der Waals surface area contributed by atoms with Crippen molar-refractivity contribution in [2.75, 3.05) is 25.2 Å². The number of anilines is 2. The Kier molecular flexibility index (Phi) is 7.49. The molecule has 2 saturated heterocycles. The van der Waals surface area contributed by atoms with Crippen molar-refractivity contribution < 1.29 is 53.1 Å². The largest absolute Gasteiger partial charge is 0.472 e. The van der Waals surface area contributed by atoms with Gasteiger partial charge in [-0.3, -0.25) is 18.2 Å². The summed E-state index contributed by atoms with van der Waals surface area (Å²) in [5, 5.41) is 32.1. The molecular weight excluding hydrogens is 587 g/mol. The molecule has 6 heterocycles. The number of hydrogen-bond donors (Lipinski definition) is 6. The summed E-state index contributed by atoms with van der Waals surface area (Å²) in [5.74, 6) is 0.180. The van der Waals surface area contributed by atoms with E-state index in [4.69, 9.17) is 34.9 Å². The molecule has 0 saturated carbocycles. The zero-order valence-corrected chi connectivity index (χ0v) is 22.4. The lowest BCUT2D eigenvalue weighted by Crippen LogP contribution is -2.36. The van der Waals surface area contributed by atoms with Gasteiger partial charge in [0.15, 0.2) is 41.5 Å². The highest BCUT2D eigenvalue weighted by Gasteiger charge is 2.52. The number of nitrogens with zero attached hydrogens (tertiary/aromatic N) is 8. The average Bonchev–Trinajstić information content (AvgIpc) is 3.71. The molecule has 226 valence electrons. The molecule has 4 aromatic rings. The molecule has 2 fully saturated rings. The third kappa shape index (κ3) is 4.95. The minimum absolute atomic E-state index is 0.0827. The Morgan fingerprint density at radius 1 is 0.881 bits per heavy atom. The fourth-order valence-corrected chi connectivity index (χ4v) is 5.62. The van der Waals surface area contributed by atoms with Gasteiger partial charge in [-0.25, -0.2) is 44.2 Å². The summed E-state index contributed by atoms with van der Waals surface area (Å²) >= 11 is 0. The number of ether oxygens (including phenoxy) is 2. The summed E-state index contributed by atoms with van der Waals surface area (Å²) in [6.07, 6.45) is -6.65. The molecule has 0 aromatic carbocycles. The van der Waals surface area contributed by atoms with Gasteiger partial charge in [-0.05, 0) is 0 Å². The average molecular weight is 612 g/mol. The standard InChI is InChI=1S/C20H25N10O11P/c1-36-40-20-13(12(33)19(39-20)30-6-28-9-15(22)24-4-26-17(9)30)41-42(34,35)37-2-7-10(31)11(32)18(38-7)29-5-27-8-14(21)23-3-25-16(8)29/h3-7,10-13,18-20,31-33H,2H2,1H3,(H,34,35)(H2,21,23,25)(H2,22,24,26)/t7-,10?,11?,12?,13?,18-,19-,20-/m1/s1. The Hall–Kier alpha value is -3.47. The molecule has 0 amide bonds. The van der Waals surface area contributed by atoms with Gasteiger partial charge in [0, 0.05) is 0 Å². The van der Waals surface area contributed by atoms with Crippen LogP contribution < -0.4 is 11.5 Å². The third-order valence-electron chi connectivity index (χ3n) is 6.68. The summed E-state index contributed by atoms with van der Waals surface area (Å²) in [6, 6.07) is 0. The van der Waals surface area contributed by atoms with E-state index in [9.17, 15) is 24.8 Å². The molecule has 22 heteroatoms. The number of aromatic nitrogens is 8. The van der Waals surface area contributed by atoms with E-state index in [-0.39, 0.29) is 34.0 Å². The van der Waals surface area contributed by atoms with Crippen molar-refractivity contribution >= 4 is 41.8 Å². The van der Waals surface area contributed by atoms with Gasteiger partial charge in [0.2, 0.25) is 6.29 Å². The minimum Gasteiger partial charge on any atom is -0.387 e. The van der Waals surface area contributed by atoms with E-state index in [1.807, 2.05) is 0 Å². The number of rotatable bonds is 9. The molecule has 0 bridgehead atoms. The van der Waals surface area contributed by atoms with Crippen LogP contribution in [0.1, 0.15) is 12.5 Å². The van der Waals surface area contributed by atoms with Crippen LogP contribution in [0.15, 0.2) is 25.3 Å². The molecule has 21 nitrogen and oxygen atoms in total. The lowest BCUT2D eigenvalue weighted by atomic mass is 10.1. The number of imidazole rings is 2. The first-order valence-electron chi connectivity index (χ1n) is 12.2. The Bertz CT molecular complexity index is 1640. The van der Waals surface area contributed by atoms with Crippen LogP contribution in [0.2, 0.25) is 0 Å². The van der Waals surface area contributed by atoms with Crippen LogP contribution in [0.25, 0.3) is 22.3 Å². The van der Waals surface area contributed by atoms with E-state index >= 15 is 0 Å². The highest BCUT2D eigenvalue weighted by atomic mass is 31.2. The van der Waals surface area contributed by atoms with Gasteiger partial charge >= 0.3 is 7.82 Å².